The van der Waals surface area contributed by atoms with Crippen LogP contribution in [0.15, 0.2) is 18.2 Å². The molecule has 0 bridgehead atoms. The minimum absolute atomic E-state index is 0.138. The number of hydrogen-bond acceptors (Lipinski definition) is 3. The molecule has 2 rings (SSSR count). The van der Waals surface area contributed by atoms with Crippen molar-refractivity contribution in [2.75, 3.05) is 18.0 Å². The fourth-order valence-corrected chi connectivity index (χ4v) is 2.53. The van der Waals surface area contributed by atoms with Gasteiger partial charge in [-0.3, -0.25) is 4.79 Å². The Morgan fingerprint density at radius 2 is 2.20 bits per heavy atom. The molecule has 2 N–H and O–H groups in total. The summed E-state index contributed by atoms with van der Waals surface area (Å²) in [6.07, 6.45) is 2.39. The second-order valence-corrected chi connectivity index (χ2v) is 5.89. The van der Waals surface area contributed by atoms with Crippen molar-refractivity contribution in [1.29, 1.82) is 0 Å². The molecule has 1 aliphatic rings. The fourth-order valence-electron chi connectivity index (χ4n) is 2.53. The zero-order valence-electron chi connectivity index (χ0n) is 12.6. The summed E-state index contributed by atoms with van der Waals surface area (Å²) < 4.78 is 5.99. The molecular weight excluding hydrogens is 252 g/mol. The molecule has 1 aliphatic heterocycles. The average Bonchev–Trinajstić information content (AvgIpc) is 2.42. The van der Waals surface area contributed by atoms with Crippen LogP contribution in [-0.2, 0) is 11.2 Å². The van der Waals surface area contributed by atoms with Gasteiger partial charge in [0.25, 0.3) is 0 Å². The summed E-state index contributed by atoms with van der Waals surface area (Å²) >= 11 is 0. The average molecular weight is 276 g/mol. The van der Waals surface area contributed by atoms with Crippen molar-refractivity contribution in [2.24, 2.45) is 5.73 Å². The monoisotopic (exact) mass is 276 g/mol. The quantitative estimate of drug-likeness (QED) is 0.919. The molecule has 0 aromatic heterocycles. The van der Waals surface area contributed by atoms with E-state index < -0.39 is 0 Å². The lowest BCUT2D eigenvalue weighted by atomic mass is 10.0. The third-order valence-electron chi connectivity index (χ3n) is 3.51. The largest absolute Gasteiger partial charge is 0.484 e. The Hall–Kier alpha value is -1.55. The first kappa shape index (κ1) is 14.9. The molecule has 1 heterocycles. The van der Waals surface area contributed by atoms with Crippen LogP contribution in [0.3, 0.4) is 0 Å². The van der Waals surface area contributed by atoms with Crippen molar-refractivity contribution in [3.8, 4) is 5.75 Å². The summed E-state index contributed by atoms with van der Waals surface area (Å²) in [5.41, 5.74) is 7.30. The molecule has 0 spiro atoms. The normalized spacial score (nSPS) is 16.5. The zero-order valence-corrected chi connectivity index (χ0v) is 12.6. The van der Waals surface area contributed by atoms with E-state index in [1.807, 2.05) is 31.7 Å². The van der Waals surface area contributed by atoms with Crippen LogP contribution in [0, 0.1) is 0 Å². The fraction of sp³-hybridized carbons (Fsp3) is 0.562. The smallest absolute Gasteiger partial charge is 0.226 e. The third-order valence-corrected chi connectivity index (χ3v) is 3.51. The number of benzene rings is 1. The van der Waals surface area contributed by atoms with Crippen LogP contribution in [0.25, 0.3) is 0 Å². The molecule has 20 heavy (non-hydrogen) atoms. The molecule has 0 unspecified atom stereocenters. The Morgan fingerprint density at radius 1 is 1.45 bits per heavy atom. The molecule has 1 aromatic carbocycles. The molecule has 0 fully saturated rings. The predicted molar refractivity (Wildman–Crippen MR) is 81.2 cm³/mol. The number of aryl methyl sites for hydroxylation is 1. The molecule has 110 valence electrons. The van der Waals surface area contributed by atoms with Gasteiger partial charge in [0.1, 0.15) is 11.4 Å². The molecule has 4 heteroatoms. The Bertz CT molecular complexity index is 497. The Kier molecular flexibility index (Phi) is 4.33. The number of nitrogens with two attached hydrogens (primary N) is 1. The van der Waals surface area contributed by atoms with Gasteiger partial charge in [-0.1, -0.05) is 13.0 Å². The van der Waals surface area contributed by atoms with Crippen LogP contribution in [0.5, 0.6) is 5.75 Å². The highest BCUT2D eigenvalue weighted by molar-refractivity contribution is 5.95. The van der Waals surface area contributed by atoms with Gasteiger partial charge in [-0.15, -0.1) is 0 Å². The number of anilines is 1. The number of rotatable bonds is 4. The number of nitrogens with zero attached hydrogens (tertiary/aromatic N) is 1. The number of carbonyl (C=O) groups is 1. The Balaban J connectivity index is 2.35. The van der Waals surface area contributed by atoms with Crippen LogP contribution in [0.4, 0.5) is 5.69 Å². The van der Waals surface area contributed by atoms with Crippen LogP contribution < -0.4 is 15.4 Å². The topological polar surface area (TPSA) is 55.6 Å². The molecule has 0 saturated carbocycles. The van der Waals surface area contributed by atoms with E-state index in [4.69, 9.17) is 10.5 Å². The maximum Gasteiger partial charge on any atom is 0.226 e. The summed E-state index contributed by atoms with van der Waals surface area (Å²) in [6.45, 7) is 7.18. The molecular formula is C16H24N2O2. The molecule has 4 nitrogen and oxygen atoms in total. The van der Waals surface area contributed by atoms with Gasteiger partial charge in [0.15, 0.2) is 0 Å². The van der Waals surface area contributed by atoms with Gasteiger partial charge in [0, 0.05) is 6.42 Å². The van der Waals surface area contributed by atoms with Crippen LogP contribution in [0.2, 0.25) is 0 Å². The van der Waals surface area contributed by atoms with Crippen molar-refractivity contribution in [2.45, 2.75) is 45.6 Å². The van der Waals surface area contributed by atoms with Gasteiger partial charge in [-0.05, 0) is 50.9 Å². The van der Waals surface area contributed by atoms with E-state index in [2.05, 4.69) is 12.1 Å². The lowest BCUT2D eigenvalue weighted by Crippen LogP contribution is -2.49. The second kappa shape index (κ2) is 5.83. The van der Waals surface area contributed by atoms with Gasteiger partial charge in [-0.2, -0.15) is 0 Å². The third kappa shape index (κ3) is 3.12. The Labute approximate surface area is 120 Å². The van der Waals surface area contributed by atoms with E-state index in [1.165, 1.54) is 5.56 Å². The second-order valence-electron chi connectivity index (χ2n) is 5.89. The summed E-state index contributed by atoms with van der Waals surface area (Å²) in [4.78, 5) is 14.0. The van der Waals surface area contributed by atoms with E-state index in [1.54, 1.807) is 0 Å². The van der Waals surface area contributed by atoms with Gasteiger partial charge in [-0.25, -0.2) is 0 Å². The molecule has 1 aromatic rings. The highest BCUT2D eigenvalue weighted by atomic mass is 16.5. The van der Waals surface area contributed by atoms with Gasteiger partial charge in [0.2, 0.25) is 5.91 Å². The van der Waals surface area contributed by atoms with Crippen molar-refractivity contribution in [3.63, 3.8) is 0 Å². The van der Waals surface area contributed by atoms with Crippen LogP contribution in [0.1, 0.15) is 39.2 Å². The van der Waals surface area contributed by atoms with E-state index in [0.29, 0.717) is 19.5 Å². The number of fused-ring (bicyclic) bond motifs is 1. The van der Waals surface area contributed by atoms with E-state index in [-0.39, 0.29) is 11.5 Å². The molecule has 0 atom stereocenters. The first-order valence-electron chi connectivity index (χ1n) is 7.29. The number of ether oxygens (including phenoxy) is 1. The summed E-state index contributed by atoms with van der Waals surface area (Å²) in [5.74, 6) is 0.929. The van der Waals surface area contributed by atoms with Gasteiger partial charge >= 0.3 is 0 Å². The maximum absolute atomic E-state index is 12.2. The standard InChI is InChI=1S/C16H24N2O2/c1-4-15(19)18-11-16(2,3)20-14-8-7-12(6-5-9-17)10-13(14)18/h7-8,10H,4-6,9,11,17H2,1-3H3. The SMILES string of the molecule is CCC(=O)N1CC(C)(C)Oc2ccc(CCCN)cc21. The Morgan fingerprint density at radius 3 is 2.85 bits per heavy atom. The minimum atomic E-state index is -0.351. The summed E-state index contributed by atoms with van der Waals surface area (Å²) in [5, 5.41) is 0. The number of hydrogen-bond donors (Lipinski definition) is 1. The van der Waals surface area contributed by atoms with Crippen molar-refractivity contribution in [3.05, 3.63) is 23.8 Å². The number of amides is 1. The zero-order chi connectivity index (χ0) is 14.8. The first-order chi connectivity index (χ1) is 9.46. The van der Waals surface area contributed by atoms with E-state index >= 15 is 0 Å². The van der Waals surface area contributed by atoms with Gasteiger partial charge < -0.3 is 15.4 Å². The van der Waals surface area contributed by atoms with Crippen molar-refractivity contribution >= 4 is 11.6 Å². The van der Waals surface area contributed by atoms with Gasteiger partial charge in [0.05, 0.1) is 12.2 Å². The van der Waals surface area contributed by atoms with Crippen molar-refractivity contribution in [1.82, 2.24) is 0 Å². The molecule has 0 radical (unpaired) electrons. The van der Waals surface area contributed by atoms with E-state index in [9.17, 15) is 4.79 Å². The first-order valence-corrected chi connectivity index (χ1v) is 7.29. The van der Waals surface area contributed by atoms with E-state index in [0.717, 1.165) is 24.3 Å². The molecule has 0 saturated heterocycles. The number of carbonyl (C=O) groups excluding carboxylic acids is 1. The lowest BCUT2D eigenvalue weighted by molar-refractivity contribution is -0.119. The molecule has 1 amide bonds. The summed E-state index contributed by atoms with van der Waals surface area (Å²) in [7, 11) is 0. The predicted octanol–water partition coefficient (Wildman–Crippen LogP) is 2.49. The van der Waals surface area contributed by atoms with Crippen LogP contribution in [-0.4, -0.2) is 24.6 Å². The lowest BCUT2D eigenvalue weighted by Gasteiger charge is -2.40. The minimum Gasteiger partial charge on any atom is -0.484 e. The highest BCUT2D eigenvalue weighted by Crippen LogP contribution is 2.38. The molecule has 0 aliphatic carbocycles. The summed E-state index contributed by atoms with van der Waals surface area (Å²) in [6, 6.07) is 6.09. The maximum atomic E-state index is 12.2. The van der Waals surface area contributed by atoms with Crippen LogP contribution >= 0.6 is 0 Å². The highest BCUT2D eigenvalue weighted by Gasteiger charge is 2.34. The van der Waals surface area contributed by atoms with Crippen molar-refractivity contribution < 1.29 is 9.53 Å².